The van der Waals surface area contributed by atoms with Crippen molar-refractivity contribution in [1.29, 1.82) is 5.26 Å². The van der Waals surface area contributed by atoms with Crippen LogP contribution in [0.4, 0.5) is 24.8 Å². The SMILES string of the molecule is N#Cc1ccnc(N2C(=O)CC[C@H]2C(=O)N(c2cccc(F)c2)C(C(=O)NC2CCC(F)(F)CC2)c2ccccc2Cl)n1. The number of carbonyl (C=O) groups is 3. The van der Waals surface area contributed by atoms with Crippen LogP contribution < -0.4 is 15.1 Å². The van der Waals surface area contributed by atoms with Crippen LogP contribution in [-0.2, 0) is 14.4 Å². The van der Waals surface area contributed by atoms with Gasteiger partial charge in [0.1, 0.15) is 29.7 Å². The van der Waals surface area contributed by atoms with Gasteiger partial charge >= 0.3 is 0 Å². The average molecular weight is 611 g/mol. The molecule has 0 bridgehead atoms. The first-order valence-corrected chi connectivity index (χ1v) is 14.0. The number of aromatic nitrogens is 2. The Balaban J connectivity index is 1.59. The number of benzene rings is 2. The Morgan fingerprint density at radius 1 is 1.12 bits per heavy atom. The van der Waals surface area contributed by atoms with Gasteiger partial charge < -0.3 is 5.32 Å². The van der Waals surface area contributed by atoms with Crippen molar-refractivity contribution < 1.29 is 27.6 Å². The number of nitrogens with one attached hydrogen (secondary N) is 1. The number of carbonyl (C=O) groups excluding carboxylic acids is 3. The zero-order valence-electron chi connectivity index (χ0n) is 22.7. The molecular formula is C30H26ClF3N6O3. The minimum absolute atomic E-state index is 0.00578. The highest BCUT2D eigenvalue weighted by molar-refractivity contribution is 6.31. The zero-order chi connectivity index (χ0) is 30.7. The molecule has 1 aliphatic heterocycles. The van der Waals surface area contributed by atoms with E-state index in [0.29, 0.717) is 0 Å². The van der Waals surface area contributed by atoms with Crippen LogP contribution >= 0.6 is 11.6 Å². The normalized spacial score (nSPS) is 19.0. The van der Waals surface area contributed by atoms with E-state index in [0.717, 1.165) is 15.9 Å². The van der Waals surface area contributed by atoms with Crippen LogP contribution in [-0.4, -0.2) is 45.7 Å². The number of amides is 3. The second-order valence-electron chi connectivity index (χ2n) is 10.4. The molecule has 2 aliphatic rings. The van der Waals surface area contributed by atoms with E-state index in [-0.39, 0.29) is 53.6 Å². The Morgan fingerprint density at radius 2 is 1.86 bits per heavy atom. The van der Waals surface area contributed by atoms with Gasteiger partial charge in [-0.25, -0.2) is 23.1 Å². The number of hydrogen-bond acceptors (Lipinski definition) is 6. The van der Waals surface area contributed by atoms with Gasteiger partial charge in [-0.2, -0.15) is 5.26 Å². The van der Waals surface area contributed by atoms with Crippen molar-refractivity contribution >= 4 is 41.0 Å². The van der Waals surface area contributed by atoms with Gasteiger partial charge in [-0.15, -0.1) is 0 Å². The molecule has 1 unspecified atom stereocenters. The molecule has 3 amide bonds. The molecule has 1 N–H and O–H groups in total. The Hall–Kier alpha value is -4.50. The lowest BCUT2D eigenvalue weighted by Crippen LogP contribution is -2.53. The molecule has 1 saturated heterocycles. The van der Waals surface area contributed by atoms with Crippen LogP contribution in [0, 0.1) is 17.1 Å². The molecule has 2 fully saturated rings. The summed E-state index contributed by atoms with van der Waals surface area (Å²) in [6.07, 6.45) is 0.514. The van der Waals surface area contributed by atoms with Crippen molar-refractivity contribution in [2.75, 3.05) is 9.80 Å². The van der Waals surface area contributed by atoms with Gasteiger partial charge in [0.25, 0.3) is 5.91 Å². The third kappa shape index (κ3) is 6.46. The summed E-state index contributed by atoms with van der Waals surface area (Å²) in [5, 5.41) is 12.2. The van der Waals surface area contributed by atoms with Crippen LogP contribution in [0.15, 0.2) is 60.8 Å². The summed E-state index contributed by atoms with van der Waals surface area (Å²) < 4.78 is 42.3. The lowest BCUT2D eigenvalue weighted by atomic mass is 9.91. The minimum atomic E-state index is -2.82. The molecule has 3 aromatic rings. The topological polar surface area (TPSA) is 119 Å². The van der Waals surface area contributed by atoms with Crippen LogP contribution in [0.25, 0.3) is 0 Å². The molecule has 1 aliphatic carbocycles. The van der Waals surface area contributed by atoms with Crippen molar-refractivity contribution in [3.8, 4) is 6.07 Å². The van der Waals surface area contributed by atoms with Gasteiger partial charge in [0, 0.05) is 47.8 Å². The van der Waals surface area contributed by atoms with E-state index < -0.39 is 60.4 Å². The monoisotopic (exact) mass is 610 g/mol. The summed E-state index contributed by atoms with van der Waals surface area (Å²) in [6, 6.07) is 11.3. The van der Waals surface area contributed by atoms with Crippen molar-refractivity contribution in [2.45, 2.75) is 62.6 Å². The van der Waals surface area contributed by atoms with Crippen LogP contribution in [0.5, 0.6) is 0 Å². The van der Waals surface area contributed by atoms with E-state index in [4.69, 9.17) is 11.6 Å². The lowest BCUT2D eigenvalue weighted by Gasteiger charge is -2.37. The Kier molecular flexibility index (Phi) is 8.64. The average Bonchev–Trinajstić information content (AvgIpc) is 3.38. The molecular weight excluding hydrogens is 585 g/mol. The highest BCUT2D eigenvalue weighted by Gasteiger charge is 2.45. The van der Waals surface area contributed by atoms with Crippen LogP contribution in [0.1, 0.15) is 55.8 Å². The Bertz CT molecular complexity index is 1590. The van der Waals surface area contributed by atoms with E-state index in [1.807, 2.05) is 6.07 Å². The van der Waals surface area contributed by atoms with Crippen LogP contribution in [0.3, 0.4) is 0 Å². The van der Waals surface area contributed by atoms with E-state index in [9.17, 15) is 32.8 Å². The molecule has 2 heterocycles. The third-order valence-corrected chi connectivity index (χ3v) is 7.91. The molecule has 13 heteroatoms. The zero-order valence-corrected chi connectivity index (χ0v) is 23.5. The molecule has 9 nitrogen and oxygen atoms in total. The third-order valence-electron chi connectivity index (χ3n) is 7.56. The first-order valence-electron chi connectivity index (χ1n) is 13.6. The molecule has 2 aromatic carbocycles. The lowest BCUT2D eigenvalue weighted by molar-refractivity contribution is -0.128. The fraction of sp³-hybridized carbons (Fsp3) is 0.333. The summed E-state index contributed by atoms with van der Waals surface area (Å²) in [4.78, 5) is 51.9. The first kappa shape index (κ1) is 30.0. The summed E-state index contributed by atoms with van der Waals surface area (Å²) >= 11 is 6.55. The molecule has 1 aromatic heterocycles. The van der Waals surface area contributed by atoms with Gasteiger partial charge in [-0.3, -0.25) is 24.2 Å². The largest absolute Gasteiger partial charge is 0.351 e. The van der Waals surface area contributed by atoms with E-state index in [1.54, 1.807) is 12.1 Å². The Labute approximate surface area is 250 Å². The predicted molar refractivity (Wildman–Crippen MR) is 151 cm³/mol. The molecule has 0 radical (unpaired) electrons. The maximum atomic E-state index is 14.6. The number of anilines is 2. The van der Waals surface area contributed by atoms with E-state index in [1.165, 1.54) is 42.6 Å². The summed E-state index contributed by atoms with van der Waals surface area (Å²) in [7, 11) is 0. The van der Waals surface area contributed by atoms with Gasteiger partial charge in [-0.1, -0.05) is 35.9 Å². The quantitative estimate of drug-likeness (QED) is 0.397. The van der Waals surface area contributed by atoms with Crippen molar-refractivity contribution in [3.63, 3.8) is 0 Å². The molecule has 5 rings (SSSR count). The van der Waals surface area contributed by atoms with E-state index in [2.05, 4.69) is 15.3 Å². The predicted octanol–water partition coefficient (Wildman–Crippen LogP) is 5.10. The second kappa shape index (κ2) is 12.4. The maximum Gasteiger partial charge on any atom is 0.251 e. The number of alkyl halides is 2. The molecule has 222 valence electrons. The van der Waals surface area contributed by atoms with E-state index >= 15 is 0 Å². The van der Waals surface area contributed by atoms with Gasteiger partial charge in [0.2, 0.25) is 23.7 Å². The number of halogens is 4. The van der Waals surface area contributed by atoms with Crippen molar-refractivity contribution in [1.82, 2.24) is 15.3 Å². The first-order chi connectivity index (χ1) is 20.6. The van der Waals surface area contributed by atoms with Crippen molar-refractivity contribution in [2.24, 2.45) is 0 Å². The highest BCUT2D eigenvalue weighted by Crippen LogP contribution is 2.37. The highest BCUT2D eigenvalue weighted by atomic mass is 35.5. The number of hydrogen-bond donors (Lipinski definition) is 1. The fourth-order valence-electron chi connectivity index (χ4n) is 5.44. The minimum Gasteiger partial charge on any atom is -0.351 e. The number of rotatable bonds is 7. The molecule has 43 heavy (non-hydrogen) atoms. The summed E-state index contributed by atoms with van der Waals surface area (Å²) in [5.41, 5.74) is 0.189. The second-order valence-corrected chi connectivity index (χ2v) is 10.8. The van der Waals surface area contributed by atoms with Gasteiger partial charge in [0.15, 0.2) is 0 Å². The summed E-state index contributed by atoms with van der Waals surface area (Å²) in [5.74, 6) is -5.61. The summed E-state index contributed by atoms with van der Waals surface area (Å²) in [6.45, 7) is 0. The molecule has 0 spiro atoms. The molecule has 1 saturated carbocycles. The van der Waals surface area contributed by atoms with Gasteiger partial charge in [0.05, 0.1) is 0 Å². The van der Waals surface area contributed by atoms with Crippen molar-refractivity contribution in [3.05, 3.63) is 82.9 Å². The standard InChI is InChI=1S/C30H26ClF3N6O3/c31-23-7-2-1-6-22(23)26(27(42)37-19-10-13-30(33,34)14-11-19)39(21-5-3-4-18(32)16-21)28(43)24-8-9-25(41)40(24)29-36-15-12-20(17-35)38-29/h1-7,12,15-16,19,24,26H,8-11,13-14H2,(H,37,42)/t24-,26?/m0/s1. The fourth-order valence-corrected chi connectivity index (χ4v) is 5.68. The smallest absolute Gasteiger partial charge is 0.251 e. The number of nitriles is 1. The number of nitrogens with zero attached hydrogens (tertiary/aromatic N) is 5. The molecule has 2 atom stereocenters. The maximum absolute atomic E-state index is 14.6. The van der Waals surface area contributed by atoms with Gasteiger partial charge in [-0.05, 0) is 49.6 Å². The van der Waals surface area contributed by atoms with Crippen LogP contribution in [0.2, 0.25) is 5.02 Å². The Morgan fingerprint density at radius 3 is 2.56 bits per heavy atom.